The molecule has 1 aromatic heterocycles. The summed E-state index contributed by atoms with van der Waals surface area (Å²) in [5.41, 5.74) is 5.64. The Kier molecular flexibility index (Phi) is 4.18. The van der Waals surface area contributed by atoms with Gasteiger partial charge in [0.2, 0.25) is 0 Å². The van der Waals surface area contributed by atoms with Crippen molar-refractivity contribution in [3.05, 3.63) is 121 Å². The second-order valence-electron chi connectivity index (χ2n) is 8.83. The van der Waals surface area contributed by atoms with Gasteiger partial charge in [0.15, 0.2) is 7.14 Å². The van der Waals surface area contributed by atoms with Crippen LogP contribution in [-0.4, -0.2) is 4.57 Å². The Labute approximate surface area is 202 Å². The van der Waals surface area contributed by atoms with E-state index in [0.717, 1.165) is 54.5 Å². The molecule has 2 heterocycles. The van der Waals surface area contributed by atoms with Crippen molar-refractivity contribution in [2.45, 2.75) is 0 Å². The van der Waals surface area contributed by atoms with Crippen LogP contribution in [0.2, 0.25) is 0 Å². The van der Waals surface area contributed by atoms with Crippen LogP contribution in [0.1, 0.15) is 5.56 Å². The Hall–Kier alpha value is -4.38. The fourth-order valence-corrected chi connectivity index (χ4v) is 8.78. The molecule has 0 spiro atoms. The topological polar surface area (TPSA) is 45.8 Å². The van der Waals surface area contributed by atoms with Crippen molar-refractivity contribution in [2.75, 3.05) is 0 Å². The number of hydrogen-bond donors (Lipinski definition) is 0. The summed E-state index contributed by atoms with van der Waals surface area (Å²) in [6.07, 6.45) is 0. The maximum Gasteiger partial charge on any atom is 0.174 e. The van der Waals surface area contributed by atoms with Crippen LogP contribution in [0.3, 0.4) is 0 Å². The van der Waals surface area contributed by atoms with Crippen molar-refractivity contribution in [3.8, 4) is 22.9 Å². The van der Waals surface area contributed by atoms with E-state index < -0.39 is 7.14 Å². The summed E-state index contributed by atoms with van der Waals surface area (Å²) in [5, 5.41) is 14.2. The molecule has 7 rings (SSSR count). The van der Waals surface area contributed by atoms with Crippen LogP contribution < -0.4 is 15.9 Å². The van der Waals surface area contributed by atoms with E-state index in [1.54, 1.807) is 0 Å². The summed E-state index contributed by atoms with van der Waals surface area (Å²) in [6, 6.07) is 40.4. The molecule has 0 amide bonds. The van der Waals surface area contributed by atoms with Crippen molar-refractivity contribution in [1.29, 1.82) is 5.26 Å². The average molecular weight is 466 g/mol. The molecule has 1 atom stereocenters. The third-order valence-corrected chi connectivity index (χ3v) is 10.2. The Bertz CT molecular complexity index is 1880. The van der Waals surface area contributed by atoms with E-state index in [1.165, 1.54) is 0 Å². The quantitative estimate of drug-likeness (QED) is 0.282. The number of para-hydroxylation sites is 1. The minimum Gasteiger partial charge on any atom is -0.309 e. The molecule has 1 unspecified atom stereocenters. The van der Waals surface area contributed by atoms with Crippen LogP contribution in [-0.2, 0) is 4.57 Å². The molecule has 0 bridgehead atoms. The van der Waals surface area contributed by atoms with Crippen LogP contribution >= 0.6 is 7.14 Å². The number of nitrogens with zero attached hydrogens (tertiary/aromatic N) is 2. The Balaban J connectivity index is 1.70. The molecular formula is C31H19N2OP. The number of rotatable bonds is 2. The molecule has 0 saturated carbocycles. The fourth-order valence-electron chi connectivity index (χ4n) is 5.53. The highest BCUT2D eigenvalue weighted by Gasteiger charge is 2.42. The second kappa shape index (κ2) is 7.31. The van der Waals surface area contributed by atoms with Gasteiger partial charge in [0.1, 0.15) is 0 Å². The Morgan fingerprint density at radius 2 is 1.37 bits per heavy atom. The number of aromatic nitrogens is 1. The summed E-state index contributed by atoms with van der Waals surface area (Å²) in [6.45, 7) is 0. The molecule has 35 heavy (non-hydrogen) atoms. The first-order valence-electron chi connectivity index (χ1n) is 11.5. The number of nitriles is 1. The van der Waals surface area contributed by atoms with Gasteiger partial charge in [0, 0.05) is 27.1 Å². The lowest BCUT2D eigenvalue weighted by atomic mass is 10.0. The summed E-state index contributed by atoms with van der Waals surface area (Å²) < 4.78 is 17.6. The number of benzene rings is 5. The van der Waals surface area contributed by atoms with Gasteiger partial charge in [0.05, 0.1) is 28.0 Å². The molecule has 164 valence electrons. The smallest absolute Gasteiger partial charge is 0.174 e. The highest BCUT2D eigenvalue weighted by molar-refractivity contribution is 7.86. The maximum atomic E-state index is 15.4. The third-order valence-electron chi connectivity index (χ3n) is 7.03. The van der Waals surface area contributed by atoms with Gasteiger partial charge in [0.25, 0.3) is 0 Å². The highest BCUT2D eigenvalue weighted by Crippen LogP contribution is 2.54. The van der Waals surface area contributed by atoms with Gasteiger partial charge in [-0.05, 0) is 41.5 Å². The van der Waals surface area contributed by atoms with E-state index in [9.17, 15) is 5.26 Å². The van der Waals surface area contributed by atoms with Gasteiger partial charge < -0.3 is 9.13 Å². The molecule has 1 aliphatic heterocycles. The molecule has 0 fully saturated rings. The second-order valence-corrected chi connectivity index (χ2v) is 11.5. The zero-order chi connectivity index (χ0) is 23.6. The SMILES string of the molecule is N#Cc1ccc(-n2c3ccccc3c3ccc4c(c32)P(=O)(c2ccccc2)c2ccccc2-4)cc1. The average Bonchev–Trinajstić information content (AvgIpc) is 3.40. The minimum atomic E-state index is -3.14. The third kappa shape index (κ3) is 2.63. The summed E-state index contributed by atoms with van der Waals surface area (Å²) in [5.74, 6) is 0. The van der Waals surface area contributed by atoms with Gasteiger partial charge in [-0.15, -0.1) is 0 Å². The van der Waals surface area contributed by atoms with Crippen molar-refractivity contribution in [1.82, 2.24) is 4.57 Å². The number of hydrogen-bond acceptors (Lipinski definition) is 2. The van der Waals surface area contributed by atoms with Gasteiger partial charge in [-0.1, -0.05) is 84.9 Å². The van der Waals surface area contributed by atoms with Crippen LogP contribution in [0, 0.1) is 11.3 Å². The summed E-state index contributed by atoms with van der Waals surface area (Å²) >= 11 is 0. The number of fused-ring (bicyclic) bond motifs is 7. The molecule has 4 heteroatoms. The first-order chi connectivity index (χ1) is 17.2. The standard InChI is InChI=1S/C31H19N2OP/c32-20-21-14-16-22(17-15-21)33-28-12-6-4-10-24(28)26-18-19-27-25-11-5-7-13-29(25)35(34,31(27)30(26)33)23-8-2-1-3-9-23/h1-19H. The van der Waals surface area contributed by atoms with E-state index in [1.807, 2.05) is 84.9 Å². The van der Waals surface area contributed by atoms with E-state index in [4.69, 9.17) is 0 Å². The van der Waals surface area contributed by atoms with Crippen LogP contribution in [0.4, 0.5) is 0 Å². The fraction of sp³-hybridized carbons (Fsp3) is 0. The van der Waals surface area contributed by atoms with Crippen molar-refractivity contribution in [3.63, 3.8) is 0 Å². The zero-order valence-corrected chi connectivity index (χ0v) is 19.6. The zero-order valence-electron chi connectivity index (χ0n) is 18.7. The molecule has 0 N–H and O–H groups in total. The molecule has 5 aromatic carbocycles. The first-order valence-corrected chi connectivity index (χ1v) is 13.3. The largest absolute Gasteiger partial charge is 0.309 e. The van der Waals surface area contributed by atoms with Crippen LogP contribution in [0.5, 0.6) is 0 Å². The van der Waals surface area contributed by atoms with Crippen LogP contribution in [0.15, 0.2) is 115 Å². The Morgan fingerprint density at radius 3 is 2.17 bits per heavy atom. The molecule has 1 aliphatic rings. The molecule has 3 nitrogen and oxygen atoms in total. The van der Waals surface area contributed by atoms with Crippen molar-refractivity contribution >= 4 is 44.9 Å². The van der Waals surface area contributed by atoms with Crippen molar-refractivity contribution < 1.29 is 4.57 Å². The highest BCUT2D eigenvalue weighted by atomic mass is 31.2. The lowest BCUT2D eigenvalue weighted by Crippen LogP contribution is -2.22. The van der Waals surface area contributed by atoms with E-state index in [-0.39, 0.29) is 0 Å². The Morgan fingerprint density at radius 1 is 0.657 bits per heavy atom. The summed E-state index contributed by atoms with van der Waals surface area (Å²) in [7, 11) is -3.14. The van der Waals surface area contributed by atoms with E-state index >= 15 is 4.57 Å². The molecule has 0 radical (unpaired) electrons. The van der Waals surface area contributed by atoms with Crippen molar-refractivity contribution in [2.24, 2.45) is 0 Å². The molecule has 6 aromatic rings. The van der Waals surface area contributed by atoms with E-state index in [2.05, 4.69) is 41.0 Å². The maximum absolute atomic E-state index is 15.4. The van der Waals surface area contributed by atoms with Gasteiger partial charge in [-0.3, -0.25) is 0 Å². The predicted molar refractivity (Wildman–Crippen MR) is 144 cm³/mol. The predicted octanol–water partition coefficient (Wildman–Crippen LogP) is 6.28. The lowest BCUT2D eigenvalue weighted by molar-refractivity contribution is 0.593. The molecule has 0 saturated heterocycles. The lowest BCUT2D eigenvalue weighted by Gasteiger charge is -2.18. The molecule has 0 aliphatic carbocycles. The van der Waals surface area contributed by atoms with Crippen LogP contribution in [0.25, 0.3) is 38.6 Å². The summed E-state index contributed by atoms with van der Waals surface area (Å²) in [4.78, 5) is 0. The minimum absolute atomic E-state index is 0.613. The molecular weight excluding hydrogens is 447 g/mol. The van der Waals surface area contributed by atoms with Gasteiger partial charge in [-0.2, -0.15) is 5.26 Å². The van der Waals surface area contributed by atoms with Gasteiger partial charge >= 0.3 is 0 Å². The monoisotopic (exact) mass is 466 g/mol. The first kappa shape index (κ1) is 20.0. The van der Waals surface area contributed by atoms with Gasteiger partial charge in [-0.25, -0.2) is 0 Å². The van der Waals surface area contributed by atoms with E-state index in [0.29, 0.717) is 5.56 Å². The normalized spacial score (nSPS) is 16.2.